The number of anilines is 1. The second-order valence-corrected chi connectivity index (χ2v) is 7.17. The molecule has 24 heavy (non-hydrogen) atoms. The first-order valence-corrected chi connectivity index (χ1v) is 7.95. The highest BCUT2D eigenvalue weighted by molar-refractivity contribution is 6.30. The molecule has 2 aromatic rings. The molecule has 0 unspecified atom stereocenters. The summed E-state index contributed by atoms with van der Waals surface area (Å²) < 4.78 is 5.80. The van der Waals surface area contributed by atoms with Crippen molar-refractivity contribution in [3.63, 3.8) is 0 Å². The number of carbonyl (C=O) groups is 1. The van der Waals surface area contributed by atoms with E-state index in [1.807, 2.05) is 0 Å². The van der Waals surface area contributed by atoms with Gasteiger partial charge in [-0.3, -0.25) is 4.79 Å². The molecule has 0 saturated carbocycles. The van der Waals surface area contributed by atoms with Crippen LogP contribution in [0.15, 0.2) is 27.9 Å². The van der Waals surface area contributed by atoms with Crippen LogP contribution >= 0.6 is 11.6 Å². The summed E-state index contributed by atoms with van der Waals surface area (Å²) in [6, 6.07) is 3.26. The Balaban J connectivity index is 1.94. The number of rotatable bonds is 2. The summed E-state index contributed by atoms with van der Waals surface area (Å²) in [5.74, 6) is 0.864. The normalized spacial score (nSPS) is 17.6. The zero-order valence-corrected chi connectivity index (χ0v) is 14.4. The van der Waals surface area contributed by atoms with Crippen molar-refractivity contribution in [1.29, 1.82) is 0 Å². The zero-order valence-electron chi connectivity index (χ0n) is 13.7. The van der Waals surface area contributed by atoms with Gasteiger partial charge in [0, 0.05) is 23.7 Å². The maximum absolute atomic E-state index is 12.5. The Morgan fingerprint density at radius 3 is 2.79 bits per heavy atom. The quantitative estimate of drug-likeness (QED) is 0.634. The minimum atomic E-state index is -0.396. The highest BCUT2D eigenvalue weighted by atomic mass is 35.5. The van der Waals surface area contributed by atoms with Crippen molar-refractivity contribution in [3.8, 4) is 0 Å². The lowest BCUT2D eigenvalue weighted by Crippen LogP contribution is -2.27. The van der Waals surface area contributed by atoms with Crippen LogP contribution in [0.25, 0.3) is 0 Å². The van der Waals surface area contributed by atoms with E-state index in [0.29, 0.717) is 40.7 Å². The molecule has 0 spiro atoms. The van der Waals surface area contributed by atoms with Crippen LogP contribution in [0, 0.1) is 12.3 Å². The van der Waals surface area contributed by atoms with Crippen LogP contribution in [-0.2, 0) is 6.42 Å². The molecule has 7 heteroatoms. The summed E-state index contributed by atoms with van der Waals surface area (Å²) in [4.78, 5) is 16.6. The number of nitrogens with zero attached hydrogens (tertiary/aromatic N) is 2. The van der Waals surface area contributed by atoms with Crippen LogP contribution in [0.2, 0.25) is 5.02 Å². The number of halogens is 1. The van der Waals surface area contributed by atoms with Crippen LogP contribution in [-0.4, -0.2) is 21.8 Å². The number of hydrogen-bond acceptors (Lipinski definition) is 5. The lowest BCUT2D eigenvalue weighted by Gasteiger charge is -2.28. The second-order valence-electron chi connectivity index (χ2n) is 6.73. The average molecular weight is 348 g/mol. The maximum atomic E-state index is 12.5. The number of furan rings is 1. The lowest BCUT2D eigenvalue weighted by molar-refractivity contribution is 0.0992. The van der Waals surface area contributed by atoms with Gasteiger partial charge in [0.1, 0.15) is 11.6 Å². The maximum Gasteiger partial charge on any atom is 0.292 e. The topological polar surface area (TPSA) is 87.7 Å². The molecule has 2 aromatic heterocycles. The Hall–Kier alpha value is -2.34. The molecule has 0 aromatic carbocycles. The third-order valence-corrected chi connectivity index (χ3v) is 4.31. The second kappa shape index (κ2) is 5.94. The Bertz CT molecular complexity index is 822. The predicted molar refractivity (Wildman–Crippen MR) is 91.1 cm³/mol. The minimum absolute atomic E-state index is 0.0929. The molecule has 0 radical (unpaired) electrons. The summed E-state index contributed by atoms with van der Waals surface area (Å²) >= 11 is 5.79. The van der Waals surface area contributed by atoms with Gasteiger partial charge in [-0.25, -0.2) is 4.98 Å². The van der Waals surface area contributed by atoms with Gasteiger partial charge in [0.25, 0.3) is 5.91 Å². The van der Waals surface area contributed by atoms with Crippen LogP contribution < -0.4 is 5.32 Å². The number of aromatic nitrogens is 1. The van der Waals surface area contributed by atoms with E-state index < -0.39 is 5.91 Å². The smallest absolute Gasteiger partial charge is 0.292 e. The number of amides is 1. The van der Waals surface area contributed by atoms with E-state index >= 15 is 0 Å². The average Bonchev–Trinajstić information content (AvgIpc) is 2.84. The lowest BCUT2D eigenvalue weighted by atomic mass is 9.75. The van der Waals surface area contributed by atoms with Gasteiger partial charge in [-0.05, 0) is 30.9 Å². The molecule has 2 N–H and O–H groups in total. The SMILES string of the molecule is Cc1c(C(=O)Nc2ccc(Cl)cn2)oc2c1/C(=N\O)CC(C)(C)C2. The molecular formula is C17H18ClN3O3. The van der Waals surface area contributed by atoms with Gasteiger partial charge in [0.05, 0.1) is 10.7 Å². The summed E-state index contributed by atoms with van der Waals surface area (Å²) in [5, 5.41) is 15.9. The summed E-state index contributed by atoms with van der Waals surface area (Å²) in [7, 11) is 0. The van der Waals surface area contributed by atoms with Gasteiger partial charge < -0.3 is 14.9 Å². The van der Waals surface area contributed by atoms with Crippen LogP contribution in [0.3, 0.4) is 0 Å². The molecule has 126 valence electrons. The van der Waals surface area contributed by atoms with Gasteiger partial charge in [-0.2, -0.15) is 0 Å². The van der Waals surface area contributed by atoms with Crippen molar-refractivity contribution in [2.45, 2.75) is 33.6 Å². The third-order valence-electron chi connectivity index (χ3n) is 4.09. The molecule has 1 amide bonds. The first kappa shape index (κ1) is 16.5. The van der Waals surface area contributed by atoms with Crippen LogP contribution in [0.1, 0.15) is 47.7 Å². The van der Waals surface area contributed by atoms with Crippen molar-refractivity contribution in [2.75, 3.05) is 5.32 Å². The Morgan fingerprint density at radius 1 is 1.42 bits per heavy atom. The van der Waals surface area contributed by atoms with Gasteiger partial charge in [-0.1, -0.05) is 30.6 Å². The predicted octanol–water partition coefficient (Wildman–Crippen LogP) is 4.04. The highest BCUT2D eigenvalue weighted by Crippen LogP contribution is 2.38. The number of fused-ring (bicyclic) bond motifs is 1. The fraction of sp³-hybridized carbons (Fsp3) is 0.353. The number of hydrogen-bond donors (Lipinski definition) is 2. The standard InChI is InChI=1S/C17H18ClN3O3/c1-9-14-11(21-23)6-17(2,3)7-12(14)24-15(9)16(22)20-13-5-4-10(18)8-19-13/h4-5,8,23H,6-7H2,1-3H3,(H,19,20,22)/b21-11-. The molecule has 0 bridgehead atoms. The van der Waals surface area contributed by atoms with Crippen LogP contribution in [0.5, 0.6) is 0 Å². The van der Waals surface area contributed by atoms with Crippen molar-refractivity contribution in [2.24, 2.45) is 10.6 Å². The fourth-order valence-corrected chi connectivity index (χ4v) is 3.15. The molecule has 0 fully saturated rings. The zero-order chi connectivity index (χ0) is 17.5. The molecule has 0 aliphatic heterocycles. The number of oxime groups is 1. The van der Waals surface area contributed by atoms with E-state index in [-0.39, 0.29) is 11.2 Å². The molecule has 1 aliphatic carbocycles. The highest BCUT2D eigenvalue weighted by Gasteiger charge is 2.36. The number of pyridine rings is 1. The number of nitrogens with one attached hydrogen (secondary N) is 1. The summed E-state index contributed by atoms with van der Waals surface area (Å²) in [5.41, 5.74) is 1.85. The van der Waals surface area contributed by atoms with E-state index in [2.05, 4.69) is 29.3 Å². The van der Waals surface area contributed by atoms with Crippen molar-refractivity contribution in [1.82, 2.24) is 4.98 Å². The first-order valence-electron chi connectivity index (χ1n) is 7.57. The monoisotopic (exact) mass is 347 g/mol. The fourth-order valence-electron chi connectivity index (χ4n) is 3.04. The van der Waals surface area contributed by atoms with Crippen molar-refractivity contribution >= 4 is 29.0 Å². The molecule has 0 saturated heterocycles. The largest absolute Gasteiger partial charge is 0.455 e. The van der Waals surface area contributed by atoms with Gasteiger partial charge in [0.15, 0.2) is 5.76 Å². The van der Waals surface area contributed by atoms with Gasteiger partial charge >= 0.3 is 0 Å². The molecule has 6 nitrogen and oxygen atoms in total. The molecule has 1 aliphatic rings. The van der Waals surface area contributed by atoms with E-state index in [0.717, 1.165) is 5.56 Å². The summed E-state index contributed by atoms with van der Waals surface area (Å²) in [6.07, 6.45) is 2.75. The first-order chi connectivity index (χ1) is 11.3. The Morgan fingerprint density at radius 2 is 2.17 bits per heavy atom. The Kier molecular flexibility index (Phi) is 4.09. The molecule has 0 atom stereocenters. The third kappa shape index (κ3) is 3.01. The van der Waals surface area contributed by atoms with Gasteiger partial charge in [0.2, 0.25) is 0 Å². The Labute approximate surface area is 144 Å². The molecule has 3 rings (SSSR count). The van der Waals surface area contributed by atoms with E-state index in [4.69, 9.17) is 16.0 Å². The summed E-state index contributed by atoms with van der Waals surface area (Å²) in [6.45, 7) is 5.92. The minimum Gasteiger partial charge on any atom is -0.455 e. The number of carbonyl (C=O) groups excluding carboxylic acids is 1. The van der Waals surface area contributed by atoms with E-state index in [1.54, 1.807) is 19.1 Å². The van der Waals surface area contributed by atoms with Crippen molar-refractivity contribution in [3.05, 3.63) is 46.0 Å². The van der Waals surface area contributed by atoms with E-state index in [1.165, 1.54) is 6.20 Å². The molecule has 2 heterocycles. The van der Waals surface area contributed by atoms with Crippen molar-refractivity contribution < 1.29 is 14.4 Å². The van der Waals surface area contributed by atoms with Crippen LogP contribution in [0.4, 0.5) is 5.82 Å². The van der Waals surface area contributed by atoms with E-state index in [9.17, 15) is 10.0 Å². The van der Waals surface area contributed by atoms with Gasteiger partial charge in [-0.15, -0.1) is 0 Å². The molecular weight excluding hydrogens is 330 g/mol.